The lowest BCUT2D eigenvalue weighted by atomic mass is 10.1. The third kappa shape index (κ3) is 11.0. The molecule has 0 aliphatic carbocycles. The van der Waals surface area contributed by atoms with Crippen LogP contribution in [0, 0.1) is 0 Å². The highest BCUT2D eigenvalue weighted by atomic mass is 16.5. The molecular formula is C16H26N2O8. The lowest BCUT2D eigenvalue weighted by Crippen LogP contribution is -2.46. The minimum absolute atomic E-state index is 0.0598. The molecule has 1 unspecified atom stereocenters. The van der Waals surface area contributed by atoms with Gasteiger partial charge in [0.05, 0.1) is 13.1 Å². The van der Waals surface area contributed by atoms with Gasteiger partial charge >= 0.3 is 24.0 Å². The summed E-state index contributed by atoms with van der Waals surface area (Å²) < 4.78 is 4.94. The summed E-state index contributed by atoms with van der Waals surface area (Å²) in [5.74, 6) is -3.90. The maximum Gasteiger partial charge on any atom is 0.407 e. The van der Waals surface area contributed by atoms with Gasteiger partial charge in [-0.25, -0.2) is 4.79 Å². The highest BCUT2D eigenvalue weighted by molar-refractivity contribution is 5.78. The SMILES string of the molecule is CC=C(C)COC(=O)NCCCCC(C(=O)O)N(CC(=O)O)CC(=O)O. The first kappa shape index (κ1) is 23.4. The van der Waals surface area contributed by atoms with E-state index in [-0.39, 0.29) is 19.6 Å². The fraction of sp³-hybridized carbons (Fsp3) is 0.625. The number of unbranched alkanes of at least 4 members (excludes halogenated alkanes) is 1. The quantitative estimate of drug-likeness (QED) is 0.270. The summed E-state index contributed by atoms with van der Waals surface area (Å²) in [4.78, 5) is 45.3. The molecule has 0 heterocycles. The van der Waals surface area contributed by atoms with Crippen LogP contribution < -0.4 is 5.32 Å². The molecule has 26 heavy (non-hydrogen) atoms. The van der Waals surface area contributed by atoms with E-state index >= 15 is 0 Å². The summed E-state index contributed by atoms with van der Waals surface area (Å²) in [5.41, 5.74) is 0.904. The summed E-state index contributed by atoms with van der Waals surface area (Å²) in [6.07, 6.45) is 2.10. The summed E-state index contributed by atoms with van der Waals surface area (Å²) in [6.45, 7) is 2.73. The van der Waals surface area contributed by atoms with Crippen LogP contribution >= 0.6 is 0 Å². The van der Waals surface area contributed by atoms with Gasteiger partial charge in [0.1, 0.15) is 12.6 Å². The van der Waals surface area contributed by atoms with Crippen molar-refractivity contribution in [3.8, 4) is 0 Å². The number of carbonyl (C=O) groups is 4. The second kappa shape index (κ2) is 12.7. The first-order chi connectivity index (χ1) is 12.2. The molecule has 0 aromatic heterocycles. The van der Waals surface area contributed by atoms with Gasteiger partial charge in [0.15, 0.2) is 0 Å². The lowest BCUT2D eigenvalue weighted by molar-refractivity contribution is -0.149. The van der Waals surface area contributed by atoms with Crippen LogP contribution in [-0.4, -0.2) is 76.5 Å². The number of ether oxygens (including phenoxy) is 1. The third-order valence-electron chi connectivity index (χ3n) is 3.50. The first-order valence-corrected chi connectivity index (χ1v) is 8.10. The molecule has 1 atom stereocenters. The van der Waals surface area contributed by atoms with Gasteiger partial charge in [0.25, 0.3) is 0 Å². The van der Waals surface area contributed by atoms with Crippen molar-refractivity contribution in [2.24, 2.45) is 0 Å². The second-order valence-electron chi connectivity index (χ2n) is 5.68. The molecule has 0 spiro atoms. The molecule has 0 saturated carbocycles. The molecule has 4 N–H and O–H groups in total. The Morgan fingerprint density at radius 1 is 1.08 bits per heavy atom. The number of nitrogens with one attached hydrogen (secondary N) is 1. The molecule has 0 rings (SSSR count). The van der Waals surface area contributed by atoms with Crippen LogP contribution in [0.3, 0.4) is 0 Å². The fourth-order valence-electron chi connectivity index (χ4n) is 2.05. The Hall–Kier alpha value is -2.62. The van der Waals surface area contributed by atoms with Crippen LogP contribution in [0.2, 0.25) is 0 Å². The Balaban J connectivity index is 4.35. The third-order valence-corrected chi connectivity index (χ3v) is 3.50. The minimum atomic E-state index is -1.31. The molecule has 0 aliphatic heterocycles. The van der Waals surface area contributed by atoms with E-state index in [1.807, 2.05) is 19.9 Å². The van der Waals surface area contributed by atoms with Crippen LogP contribution in [0.15, 0.2) is 11.6 Å². The number of carboxylic acids is 3. The monoisotopic (exact) mass is 374 g/mol. The number of amides is 1. The number of carboxylic acid groups (broad SMARTS) is 3. The normalized spacial score (nSPS) is 12.5. The summed E-state index contributed by atoms with van der Waals surface area (Å²) >= 11 is 0. The average molecular weight is 374 g/mol. The maximum atomic E-state index is 11.4. The Morgan fingerprint density at radius 2 is 1.65 bits per heavy atom. The number of carbonyl (C=O) groups excluding carboxylic acids is 1. The van der Waals surface area contributed by atoms with Crippen LogP contribution in [0.5, 0.6) is 0 Å². The number of hydrogen-bond donors (Lipinski definition) is 4. The van der Waals surface area contributed by atoms with Crippen molar-refractivity contribution < 1.29 is 39.2 Å². The van der Waals surface area contributed by atoms with Gasteiger partial charge in [-0.1, -0.05) is 6.08 Å². The van der Waals surface area contributed by atoms with Crippen molar-refractivity contribution in [1.82, 2.24) is 10.2 Å². The Bertz CT molecular complexity index is 516. The number of allylic oxidation sites excluding steroid dienone is 1. The number of rotatable bonds is 13. The molecule has 1 amide bonds. The van der Waals surface area contributed by atoms with E-state index in [1.54, 1.807) is 0 Å². The zero-order chi connectivity index (χ0) is 20.1. The smallest absolute Gasteiger partial charge is 0.407 e. The summed E-state index contributed by atoms with van der Waals surface area (Å²) in [5, 5.41) is 29.4. The van der Waals surface area contributed by atoms with Crippen molar-refractivity contribution in [2.45, 2.75) is 39.2 Å². The molecule has 0 saturated heterocycles. The standard InChI is InChI=1S/C16H26N2O8/c1-3-11(2)10-26-16(25)17-7-5-4-6-12(15(23)24)18(8-13(19)20)9-14(21)22/h3,12H,4-10H2,1-2H3,(H,17,25)(H,19,20)(H,21,22)(H,23,24). The zero-order valence-electron chi connectivity index (χ0n) is 14.9. The van der Waals surface area contributed by atoms with E-state index in [0.29, 0.717) is 12.8 Å². The predicted molar refractivity (Wildman–Crippen MR) is 90.9 cm³/mol. The van der Waals surface area contributed by atoms with Crippen molar-refractivity contribution >= 4 is 24.0 Å². The average Bonchev–Trinajstić information content (AvgIpc) is 2.53. The summed E-state index contributed by atoms with van der Waals surface area (Å²) in [7, 11) is 0. The largest absolute Gasteiger partial charge is 0.480 e. The fourth-order valence-corrected chi connectivity index (χ4v) is 2.05. The first-order valence-electron chi connectivity index (χ1n) is 8.10. The van der Waals surface area contributed by atoms with Crippen molar-refractivity contribution in [1.29, 1.82) is 0 Å². The predicted octanol–water partition coefficient (Wildman–Crippen LogP) is 0.774. The van der Waals surface area contributed by atoms with Gasteiger partial charge in [0.2, 0.25) is 0 Å². The van der Waals surface area contributed by atoms with Gasteiger partial charge < -0.3 is 25.4 Å². The van der Waals surface area contributed by atoms with E-state index < -0.39 is 43.1 Å². The maximum absolute atomic E-state index is 11.4. The van der Waals surface area contributed by atoms with E-state index in [4.69, 9.17) is 14.9 Å². The number of hydrogen-bond acceptors (Lipinski definition) is 6. The van der Waals surface area contributed by atoms with E-state index in [2.05, 4.69) is 5.32 Å². The molecule has 148 valence electrons. The van der Waals surface area contributed by atoms with Crippen LogP contribution in [0.4, 0.5) is 4.79 Å². The molecular weight excluding hydrogens is 348 g/mol. The molecule has 0 aliphatic rings. The Morgan fingerprint density at radius 3 is 2.12 bits per heavy atom. The second-order valence-corrected chi connectivity index (χ2v) is 5.68. The molecule has 0 aromatic rings. The van der Waals surface area contributed by atoms with Crippen molar-refractivity contribution in [2.75, 3.05) is 26.2 Å². The highest BCUT2D eigenvalue weighted by Crippen LogP contribution is 2.09. The molecule has 10 nitrogen and oxygen atoms in total. The van der Waals surface area contributed by atoms with Gasteiger partial charge in [-0.2, -0.15) is 0 Å². The molecule has 0 bridgehead atoms. The molecule has 10 heteroatoms. The molecule has 0 aromatic carbocycles. The zero-order valence-corrected chi connectivity index (χ0v) is 14.9. The van der Waals surface area contributed by atoms with E-state index in [9.17, 15) is 24.3 Å². The van der Waals surface area contributed by atoms with Crippen LogP contribution in [0.25, 0.3) is 0 Å². The van der Waals surface area contributed by atoms with Crippen LogP contribution in [0.1, 0.15) is 33.1 Å². The van der Waals surface area contributed by atoms with Gasteiger partial charge in [-0.3, -0.25) is 19.3 Å². The molecule has 0 radical (unpaired) electrons. The van der Waals surface area contributed by atoms with Gasteiger partial charge in [-0.05, 0) is 38.7 Å². The minimum Gasteiger partial charge on any atom is -0.480 e. The Kier molecular flexibility index (Phi) is 11.4. The van der Waals surface area contributed by atoms with Gasteiger partial charge in [0, 0.05) is 6.54 Å². The topological polar surface area (TPSA) is 153 Å². The van der Waals surface area contributed by atoms with Crippen molar-refractivity contribution in [3.63, 3.8) is 0 Å². The lowest BCUT2D eigenvalue weighted by Gasteiger charge is -2.25. The van der Waals surface area contributed by atoms with Gasteiger partial charge in [-0.15, -0.1) is 0 Å². The van der Waals surface area contributed by atoms with Crippen LogP contribution in [-0.2, 0) is 19.1 Å². The summed E-state index contributed by atoms with van der Waals surface area (Å²) in [6, 6.07) is -1.23. The Labute approximate surface area is 151 Å². The van der Waals surface area contributed by atoms with E-state index in [0.717, 1.165) is 10.5 Å². The molecule has 0 fully saturated rings. The number of alkyl carbamates (subject to hydrolysis) is 1. The van der Waals surface area contributed by atoms with E-state index in [1.165, 1.54) is 0 Å². The number of nitrogens with zero attached hydrogens (tertiary/aromatic N) is 1. The number of aliphatic carboxylic acids is 3. The highest BCUT2D eigenvalue weighted by Gasteiger charge is 2.28. The van der Waals surface area contributed by atoms with Crippen molar-refractivity contribution in [3.05, 3.63) is 11.6 Å².